The third-order valence-electron chi connectivity index (χ3n) is 5.66. The van der Waals surface area contributed by atoms with Crippen LogP contribution in [0.5, 0.6) is 5.75 Å². The average Bonchev–Trinajstić information content (AvgIpc) is 3.03. The number of aliphatic hydroxyl groups is 1. The molecule has 0 bridgehead atoms. The van der Waals surface area contributed by atoms with E-state index in [1.165, 1.54) is 0 Å². The van der Waals surface area contributed by atoms with Crippen LogP contribution in [0.15, 0.2) is 48.5 Å². The van der Waals surface area contributed by atoms with E-state index in [0.717, 1.165) is 30.6 Å². The number of aliphatic hydroxyl groups excluding tert-OH is 1. The molecule has 1 aliphatic rings. The van der Waals surface area contributed by atoms with Crippen molar-refractivity contribution in [2.75, 3.05) is 13.7 Å². The van der Waals surface area contributed by atoms with Crippen LogP contribution >= 0.6 is 0 Å². The maximum Gasteiger partial charge on any atom is 0.226 e. The Kier molecular flexibility index (Phi) is 6.90. The molecule has 1 fully saturated rings. The molecule has 29 heavy (non-hydrogen) atoms. The molecule has 2 aromatic rings. The number of carbonyl (C=O) groups excluding carboxylic acids is 1. The van der Waals surface area contributed by atoms with Crippen LogP contribution < -0.4 is 4.74 Å². The number of carbonyl (C=O) groups is 1. The van der Waals surface area contributed by atoms with Gasteiger partial charge in [-0.3, -0.25) is 4.79 Å². The van der Waals surface area contributed by atoms with E-state index in [9.17, 15) is 9.90 Å². The van der Waals surface area contributed by atoms with Crippen molar-refractivity contribution in [2.24, 2.45) is 5.92 Å². The quantitative estimate of drug-likeness (QED) is 0.740. The third kappa shape index (κ3) is 4.96. The predicted octanol–water partition coefficient (Wildman–Crippen LogP) is 3.86. The highest BCUT2D eigenvalue weighted by atomic mass is 16.5. The third-order valence-corrected chi connectivity index (χ3v) is 5.66. The molecule has 5 nitrogen and oxygen atoms in total. The molecule has 152 valence electrons. The van der Waals surface area contributed by atoms with Crippen LogP contribution in [0.3, 0.4) is 0 Å². The normalized spacial score (nSPS) is 19.8. The highest BCUT2D eigenvalue weighted by Crippen LogP contribution is 2.32. The Morgan fingerprint density at radius 1 is 1.28 bits per heavy atom. The summed E-state index contributed by atoms with van der Waals surface area (Å²) in [6.45, 7) is 2.38. The number of β-amino-alcohol motifs (C(OH)–C–C–N with tert-alkyl or cyclic N) is 1. The Morgan fingerprint density at radius 3 is 2.69 bits per heavy atom. The number of hydrogen-bond acceptors (Lipinski definition) is 4. The summed E-state index contributed by atoms with van der Waals surface area (Å²) >= 11 is 0. The summed E-state index contributed by atoms with van der Waals surface area (Å²) in [4.78, 5) is 15.0. The number of nitrogens with zero attached hydrogens (tertiary/aromatic N) is 2. The number of rotatable bonds is 8. The molecule has 1 aliphatic heterocycles. The Labute approximate surface area is 172 Å². The molecule has 1 saturated heterocycles. The minimum atomic E-state index is -0.800. The van der Waals surface area contributed by atoms with Crippen LogP contribution in [0.2, 0.25) is 0 Å². The summed E-state index contributed by atoms with van der Waals surface area (Å²) in [5.41, 5.74) is 2.30. The lowest BCUT2D eigenvalue weighted by Gasteiger charge is -2.27. The van der Waals surface area contributed by atoms with E-state index in [1.807, 2.05) is 29.2 Å². The van der Waals surface area contributed by atoms with E-state index in [2.05, 4.69) is 13.0 Å². The molecule has 5 heteroatoms. The summed E-state index contributed by atoms with van der Waals surface area (Å²) < 4.78 is 5.21. The molecule has 3 rings (SSSR count). The maximum atomic E-state index is 13.1. The van der Waals surface area contributed by atoms with E-state index in [1.54, 1.807) is 31.4 Å². The monoisotopic (exact) mass is 392 g/mol. The molecule has 1 N–H and O–H groups in total. The zero-order valence-electron chi connectivity index (χ0n) is 17.0. The van der Waals surface area contributed by atoms with Gasteiger partial charge in [0.1, 0.15) is 5.75 Å². The molecule has 2 aromatic carbocycles. The van der Waals surface area contributed by atoms with Gasteiger partial charge in [-0.25, -0.2) is 0 Å². The van der Waals surface area contributed by atoms with Crippen LogP contribution in [-0.2, 0) is 11.2 Å². The van der Waals surface area contributed by atoms with Crippen LogP contribution in [0.25, 0.3) is 0 Å². The molecule has 1 heterocycles. The molecule has 0 radical (unpaired) electrons. The first-order valence-electron chi connectivity index (χ1n) is 10.2. The zero-order valence-corrected chi connectivity index (χ0v) is 17.0. The summed E-state index contributed by atoms with van der Waals surface area (Å²) in [5.74, 6) is 0.840. The maximum absolute atomic E-state index is 13.1. The molecular weight excluding hydrogens is 364 g/mol. The number of amides is 1. The molecule has 0 saturated carbocycles. The van der Waals surface area contributed by atoms with E-state index >= 15 is 0 Å². The van der Waals surface area contributed by atoms with Gasteiger partial charge in [-0.15, -0.1) is 0 Å². The standard InChI is InChI=1S/C24H28N2O3/c1-3-5-21-14-20(12-17-8-10-22(29-2)11-9-17)24(28)26(21)16-23(27)19-7-4-6-18(13-19)15-25/h4,6-11,13,20-21,23,27H,3,5,12,14,16H2,1-2H3. The summed E-state index contributed by atoms with van der Waals surface area (Å²) in [5, 5.41) is 19.8. The highest BCUT2D eigenvalue weighted by molar-refractivity contribution is 5.82. The van der Waals surface area contributed by atoms with Crippen molar-refractivity contribution in [1.82, 2.24) is 4.90 Å². The molecule has 0 aromatic heterocycles. The lowest BCUT2D eigenvalue weighted by atomic mass is 9.95. The van der Waals surface area contributed by atoms with E-state index in [0.29, 0.717) is 17.5 Å². The number of ether oxygens (including phenoxy) is 1. The van der Waals surface area contributed by atoms with Gasteiger partial charge in [0.2, 0.25) is 5.91 Å². The Bertz CT molecular complexity index is 872. The Morgan fingerprint density at radius 2 is 2.03 bits per heavy atom. The van der Waals surface area contributed by atoms with Crippen molar-refractivity contribution in [2.45, 2.75) is 44.8 Å². The second-order valence-corrected chi connectivity index (χ2v) is 7.67. The number of likely N-dealkylation sites (tertiary alicyclic amines) is 1. The van der Waals surface area contributed by atoms with Gasteiger partial charge in [0.15, 0.2) is 0 Å². The lowest BCUT2D eigenvalue weighted by molar-refractivity contribution is -0.133. The minimum absolute atomic E-state index is 0.0717. The van der Waals surface area contributed by atoms with Crippen molar-refractivity contribution >= 4 is 5.91 Å². The van der Waals surface area contributed by atoms with Gasteiger partial charge in [-0.05, 0) is 54.7 Å². The molecular formula is C24H28N2O3. The van der Waals surface area contributed by atoms with Gasteiger partial charge in [0, 0.05) is 12.0 Å². The molecule has 1 amide bonds. The molecule has 0 spiro atoms. The van der Waals surface area contributed by atoms with Crippen LogP contribution in [0.4, 0.5) is 0 Å². The van der Waals surface area contributed by atoms with Gasteiger partial charge < -0.3 is 14.7 Å². The van der Waals surface area contributed by atoms with Crippen LogP contribution in [0.1, 0.15) is 49.0 Å². The zero-order chi connectivity index (χ0) is 20.8. The first-order chi connectivity index (χ1) is 14.0. The Hall–Kier alpha value is -2.84. The second kappa shape index (κ2) is 9.58. The molecule has 3 atom stereocenters. The van der Waals surface area contributed by atoms with Gasteiger partial charge >= 0.3 is 0 Å². The minimum Gasteiger partial charge on any atom is -0.497 e. The smallest absolute Gasteiger partial charge is 0.226 e. The van der Waals surface area contributed by atoms with Crippen molar-refractivity contribution in [3.8, 4) is 11.8 Å². The lowest BCUT2D eigenvalue weighted by Crippen LogP contribution is -2.37. The van der Waals surface area contributed by atoms with Gasteiger partial charge in [-0.2, -0.15) is 5.26 Å². The van der Waals surface area contributed by atoms with Gasteiger partial charge in [-0.1, -0.05) is 37.6 Å². The fraction of sp³-hybridized carbons (Fsp3) is 0.417. The topological polar surface area (TPSA) is 73.6 Å². The van der Waals surface area contributed by atoms with Crippen molar-refractivity contribution < 1.29 is 14.6 Å². The summed E-state index contributed by atoms with van der Waals surface area (Å²) in [6.07, 6.45) is 2.62. The number of nitriles is 1. The van der Waals surface area contributed by atoms with Crippen molar-refractivity contribution in [3.63, 3.8) is 0 Å². The van der Waals surface area contributed by atoms with Gasteiger partial charge in [0.05, 0.1) is 31.4 Å². The first kappa shape index (κ1) is 20.9. The van der Waals surface area contributed by atoms with Gasteiger partial charge in [0.25, 0.3) is 0 Å². The number of benzene rings is 2. The number of hydrogen-bond donors (Lipinski definition) is 1. The molecule has 0 aliphatic carbocycles. The average molecular weight is 392 g/mol. The number of methoxy groups -OCH3 is 1. The first-order valence-corrected chi connectivity index (χ1v) is 10.2. The van der Waals surface area contributed by atoms with Crippen LogP contribution in [-0.4, -0.2) is 35.6 Å². The largest absolute Gasteiger partial charge is 0.497 e. The van der Waals surface area contributed by atoms with E-state index < -0.39 is 6.10 Å². The highest BCUT2D eigenvalue weighted by Gasteiger charge is 2.39. The van der Waals surface area contributed by atoms with E-state index in [-0.39, 0.29) is 24.4 Å². The van der Waals surface area contributed by atoms with E-state index in [4.69, 9.17) is 10.00 Å². The predicted molar refractivity (Wildman–Crippen MR) is 111 cm³/mol. The Balaban J connectivity index is 1.72. The molecule has 3 unspecified atom stereocenters. The fourth-order valence-electron chi connectivity index (χ4n) is 4.14. The van der Waals surface area contributed by atoms with Crippen molar-refractivity contribution in [3.05, 3.63) is 65.2 Å². The summed E-state index contributed by atoms with van der Waals surface area (Å²) in [6, 6.07) is 17.1. The van der Waals surface area contributed by atoms with Crippen LogP contribution in [0, 0.1) is 17.2 Å². The fourth-order valence-corrected chi connectivity index (χ4v) is 4.14. The van der Waals surface area contributed by atoms with Crippen molar-refractivity contribution in [1.29, 1.82) is 5.26 Å². The summed E-state index contributed by atoms with van der Waals surface area (Å²) in [7, 11) is 1.64. The second-order valence-electron chi connectivity index (χ2n) is 7.67. The SMILES string of the molecule is CCCC1CC(Cc2ccc(OC)cc2)C(=O)N1CC(O)c1cccc(C#N)c1.